The highest BCUT2D eigenvalue weighted by molar-refractivity contribution is 5.98. The minimum absolute atomic E-state index is 0.0706. The number of nitrogens with two attached hydrogens (primary N) is 1. The minimum Gasteiger partial charge on any atom is -0.366 e. The van der Waals surface area contributed by atoms with Gasteiger partial charge in [0.25, 0.3) is 5.91 Å². The van der Waals surface area contributed by atoms with E-state index in [1.54, 1.807) is 12.1 Å². The number of para-hydroxylation sites is 1. The molecule has 15 heavy (non-hydrogen) atoms. The number of amides is 1. The van der Waals surface area contributed by atoms with Crippen LogP contribution in [0.25, 0.3) is 10.9 Å². The van der Waals surface area contributed by atoms with Crippen molar-refractivity contribution in [3.8, 4) is 6.07 Å². The Hall–Kier alpha value is -2.41. The lowest BCUT2D eigenvalue weighted by Gasteiger charge is -2.01. The third-order valence-electron chi connectivity index (χ3n) is 2.10. The molecular weight excluding hydrogens is 190 g/mol. The third-order valence-corrected chi connectivity index (χ3v) is 2.10. The van der Waals surface area contributed by atoms with Gasteiger partial charge in [-0.15, -0.1) is 0 Å². The highest BCUT2D eigenvalue weighted by atomic mass is 16.1. The molecule has 2 N–H and O–H groups in total. The molecule has 0 radical (unpaired) electrons. The molecule has 1 aromatic carbocycles. The third kappa shape index (κ3) is 1.51. The van der Waals surface area contributed by atoms with Crippen molar-refractivity contribution in [2.24, 2.45) is 5.73 Å². The fourth-order valence-corrected chi connectivity index (χ4v) is 1.39. The first kappa shape index (κ1) is 9.16. The number of benzene rings is 1. The van der Waals surface area contributed by atoms with Gasteiger partial charge in [0.05, 0.1) is 11.1 Å². The van der Waals surface area contributed by atoms with Crippen molar-refractivity contribution in [2.75, 3.05) is 0 Å². The Labute approximate surface area is 86.0 Å². The summed E-state index contributed by atoms with van der Waals surface area (Å²) < 4.78 is 0. The van der Waals surface area contributed by atoms with E-state index >= 15 is 0 Å². The predicted molar refractivity (Wildman–Crippen MR) is 55.0 cm³/mol. The van der Waals surface area contributed by atoms with Gasteiger partial charge in [0, 0.05) is 5.39 Å². The predicted octanol–water partition coefficient (Wildman–Crippen LogP) is 1.21. The first-order valence-electron chi connectivity index (χ1n) is 4.32. The number of aromatic nitrogens is 1. The highest BCUT2D eigenvalue weighted by Crippen LogP contribution is 2.15. The average Bonchev–Trinajstić information content (AvgIpc) is 2.27. The van der Waals surface area contributed by atoms with Crippen molar-refractivity contribution in [3.05, 3.63) is 41.6 Å². The van der Waals surface area contributed by atoms with Crippen LogP contribution in [0.4, 0.5) is 0 Å². The maximum atomic E-state index is 11.1. The van der Waals surface area contributed by atoms with Crippen LogP contribution in [0.5, 0.6) is 0 Å². The van der Waals surface area contributed by atoms with Crippen molar-refractivity contribution in [2.45, 2.75) is 0 Å². The fourth-order valence-electron chi connectivity index (χ4n) is 1.39. The van der Waals surface area contributed by atoms with E-state index < -0.39 is 5.91 Å². The molecule has 2 aromatic rings. The molecule has 0 spiro atoms. The van der Waals surface area contributed by atoms with Crippen molar-refractivity contribution < 1.29 is 4.79 Å². The SMILES string of the molecule is N#Cc1nc2ccccc2cc1C(N)=O. The normalized spacial score (nSPS) is 9.80. The summed E-state index contributed by atoms with van der Waals surface area (Å²) in [6, 6.07) is 10.7. The van der Waals surface area contributed by atoms with Crippen molar-refractivity contribution >= 4 is 16.8 Å². The van der Waals surface area contributed by atoms with Gasteiger partial charge in [0.15, 0.2) is 5.69 Å². The number of hydrogen-bond acceptors (Lipinski definition) is 3. The summed E-state index contributed by atoms with van der Waals surface area (Å²) in [4.78, 5) is 15.1. The Bertz CT molecular complexity index is 584. The van der Waals surface area contributed by atoms with Crippen molar-refractivity contribution in [1.82, 2.24) is 4.98 Å². The zero-order valence-corrected chi connectivity index (χ0v) is 7.77. The van der Waals surface area contributed by atoms with E-state index in [9.17, 15) is 4.79 Å². The van der Waals surface area contributed by atoms with Crippen LogP contribution >= 0.6 is 0 Å². The Morgan fingerprint density at radius 3 is 2.80 bits per heavy atom. The molecule has 0 saturated heterocycles. The second-order valence-corrected chi connectivity index (χ2v) is 3.05. The van der Waals surface area contributed by atoms with Gasteiger partial charge in [-0.1, -0.05) is 18.2 Å². The largest absolute Gasteiger partial charge is 0.366 e. The number of hydrogen-bond donors (Lipinski definition) is 1. The molecule has 2 rings (SSSR count). The van der Waals surface area contributed by atoms with E-state index in [4.69, 9.17) is 11.0 Å². The van der Waals surface area contributed by atoms with E-state index in [2.05, 4.69) is 4.98 Å². The van der Waals surface area contributed by atoms with E-state index in [1.165, 1.54) is 0 Å². The molecule has 0 fully saturated rings. The molecule has 0 unspecified atom stereocenters. The summed E-state index contributed by atoms with van der Waals surface area (Å²) in [5, 5.41) is 9.60. The number of nitriles is 1. The molecule has 1 amide bonds. The molecule has 0 saturated carbocycles. The lowest BCUT2D eigenvalue weighted by molar-refractivity contribution is 0.1000. The molecule has 0 bridgehead atoms. The van der Waals surface area contributed by atoms with Gasteiger partial charge in [-0.25, -0.2) is 4.98 Å². The van der Waals surface area contributed by atoms with Crippen LogP contribution in [0.1, 0.15) is 16.1 Å². The van der Waals surface area contributed by atoms with Crippen LogP contribution in [-0.2, 0) is 0 Å². The van der Waals surface area contributed by atoms with Crippen LogP contribution in [0.15, 0.2) is 30.3 Å². The number of carbonyl (C=O) groups excluding carboxylic acids is 1. The zero-order chi connectivity index (χ0) is 10.8. The van der Waals surface area contributed by atoms with Crippen LogP contribution in [0.2, 0.25) is 0 Å². The van der Waals surface area contributed by atoms with E-state index in [0.29, 0.717) is 5.52 Å². The number of fused-ring (bicyclic) bond motifs is 1. The van der Waals surface area contributed by atoms with Crippen molar-refractivity contribution in [3.63, 3.8) is 0 Å². The summed E-state index contributed by atoms with van der Waals surface area (Å²) in [5.74, 6) is -0.634. The number of pyridine rings is 1. The van der Waals surface area contributed by atoms with Gasteiger partial charge in [0.2, 0.25) is 0 Å². The van der Waals surface area contributed by atoms with Crippen molar-refractivity contribution in [1.29, 1.82) is 5.26 Å². The van der Waals surface area contributed by atoms with Gasteiger partial charge < -0.3 is 5.73 Å². The van der Waals surface area contributed by atoms with Gasteiger partial charge in [-0.05, 0) is 12.1 Å². The standard InChI is InChI=1S/C11H7N3O/c12-6-10-8(11(13)15)5-7-3-1-2-4-9(7)14-10/h1-5H,(H2,13,15). The molecule has 0 atom stereocenters. The monoisotopic (exact) mass is 197 g/mol. The highest BCUT2D eigenvalue weighted by Gasteiger charge is 2.10. The van der Waals surface area contributed by atoms with Crippen LogP contribution in [-0.4, -0.2) is 10.9 Å². The summed E-state index contributed by atoms with van der Waals surface area (Å²) >= 11 is 0. The van der Waals surface area contributed by atoms with E-state index in [0.717, 1.165) is 5.39 Å². The van der Waals surface area contributed by atoms with Crippen LogP contribution in [0.3, 0.4) is 0 Å². The molecule has 4 nitrogen and oxygen atoms in total. The minimum atomic E-state index is -0.634. The number of carbonyl (C=O) groups is 1. The van der Waals surface area contributed by atoms with Gasteiger partial charge in [0.1, 0.15) is 6.07 Å². The second kappa shape index (κ2) is 3.39. The molecule has 0 aliphatic heterocycles. The first-order chi connectivity index (χ1) is 7.22. The Balaban J connectivity index is 2.82. The average molecular weight is 197 g/mol. The van der Waals surface area contributed by atoms with Gasteiger partial charge >= 0.3 is 0 Å². The zero-order valence-electron chi connectivity index (χ0n) is 7.77. The molecule has 1 aromatic heterocycles. The smallest absolute Gasteiger partial charge is 0.251 e. The van der Waals surface area contributed by atoms with E-state index in [1.807, 2.05) is 24.3 Å². The molecule has 0 aliphatic carbocycles. The second-order valence-electron chi connectivity index (χ2n) is 3.05. The fraction of sp³-hybridized carbons (Fsp3) is 0. The lowest BCUT2D eigenvalue weighted by atomic mass is 10.1. The summed E-state index contributed by atoms with van der Waals surface area (Å²) in [7, 11) is 0. The van der Waals surface area contributed by atoms with Crippen LogP contribution < -0.4 is 5.73 Å². The van der Waals surface area contributed by atoms with Gasteiger partial charge in [-0.2, -0.15) is 5.26 Å². The number of nitrogens with zero attached hydrogens (tertiary/aromatic N) is 2. The lowest BCUT2D eigenvalue weighted by Crippen LogP contribution is -2.13. The summed E-state index contributed by atoms with van der Waals surface area (Å²) in [5.41, 5.74) is 6.06. The molecule has 72 valence electrons. The first-order valence-corrected chi connectivity index (χ1v) is 4.32. The quantitative estimate of drug-likeness (QED) is 0.746. The molecule has 1 heterocycles. The molecule has 0 aliphatic rings. The molecule has 4 heteroatoms. The maximum Gasteiger partial charge on any atom is 0.251 e. The molecular formula is C11H7N3O. The Morgan fingerprint density at radius 1 is 1.40 bits per heavy atom. The van der Waals surface area contributed by atoms with Gasteiger partial charge in [-0.3, -0.25) is 4.79 Å². The van der Waals surface area contributed by atoms with E-state index in [-0.39, 0.29) is 11.3 Å². The summed E-state index contributed by atoms with van der Waals surface area (Å²) in [6.07, 6.45) is 0. The maximum absolute atomic E-state index is 11.1. The topological polar surface area (TPSA) is 79.8 Å². The summed E-state index contributed by atoms with van der Waals surface area (Å²) in [6.45, 7) is 0. The Kier molecular flexibility index (Phi) is 2.07. The Morgan fingerprint density at radius 2 is 2.13 bits per heavy atom. The van der Waals surface area contributed by atoms with Crippen LogP contribution in [0, 0.1) is 11.3 Å². The number of primary amides is 1. The number of rotatable bonds is 1.